The van der Waals surface area contributed by atoms with E-state index in [9.17, 15) is 18.0 Å². The quantitative estimate of drug-likeness (QED) is 0.931. The molecule has 1 aliphatic rings. The lowest BCUT2D eigenvalue weighted by Crippen LogP contribution is -2.33. The number of carbonyl (C=O) groups excluding carboxylic acids is 1. The number of hydrogen-bond donors (Lipinski definition) is 1. The average Bonchev–Trinajstić information content (AvgIpc) is 2.58. The monoisotopic (exact) mass is 334 g/mol. The maximum atomic E-state index is 12.9. The molecule has 126 valence electrons. The molecule has 1 aromatic heterocycles. The number of carbonyl (C=O) groups is 1. The lowest BCUT2D eigenvalue weighted by Gasteiger charge is -2.25. The molecule has 1 aromatic carbocycles. The SMILES string of the molecule is O=C(NC[C@H]1CCc2ccccc2C1)c1ccncc1C(F)(F)F. The molecule has 6 heteroatoms. The number of aryl methyl sites for hydroxylation is 1. The minimum atomic E-state index is -4.59. The van der Waals surface area contributed by atoms with Crippen molar-refractivity contribution in [3.63, 3.8) is 0 Å². The van der Waals surface area contributed by atoms with E-state index in [-0.39, 0.29) is 11.5 Å². The molecular formula is C18H17F3N2O. The van der Waals surface area contributed by atoms with Crippen molar-refractivity contribution in [2.45, 2.75) is 25.4 Å². The van der Waals surface area contributed by atoms with E-state index in [4.69, 9.17) is 0 Å². The fraction of sp³-hybridized carbons (Fsp3) is 0.333. The molecule has 2 aromatic rings. The van der Waals surface area contributed by atoms with E-state index in [0.29, 0.717) is 12.7 Å². The number of nitrogens with one attached hydrogen (secondary N) is 1. The lowest BCUT2D eigenvalue weighted by molar-refractivity contribution is -0.138. The van der Waals surface area contributed by atoms with Gasteiger partial charge in [0.25, 0.3) is 5.91 Å². The summed E-state index contributed by atoms with van der Waals surface area (Å²) in [7, 11) is 0. The van der Waals surface area contributed by atoms with Gasteiger partial charge in [0.15, 0.2) is 0 Å². The highest BCUT2D eigenvalue weighted by atomic mass is 19.4. The summed E-state index contributed by atoms with van der Waals surface area (Å²) in [5, 5.41) is 2.65. The minimum absolute atomic E-state index is 0.236. The molecule has 1 amide bonds. The number of nitrogens with zero attached hydrogens (tertiary/aromatic N) is 1. The Hall–Kier alpha value is -2.37. The molecule has 0 fully saturated rings. The summed E-state index contributed by atoms with van der Waals surface area (Å²) in [6.45, 7) is 0.368. The van der Waals surface area contributed by atoms with E-state index < -0.39 is 17.6 Å². The van der Waals surface area contributed by atoms with Crippen molar-refractivity contribution in [3.8, 4) is 0 Å². The number of alkyl halides is 3. The summed E-state index contributed by atoms with van der Waals surface area (Å²) in [4.78, 5) is 15.6. The van der Waals surface area contributed by atoms with Crippen LogP contribution in [0.1, 0.15) is 33.5 Å². The van der Waals surface area contributed by atoms with Gasteiger partial charge < -0.3 is 5.32 Å². The predicted octanol–water partition coefficient (Wildman–Crippen LogP) is 3.64. The van der Waals surface area contributed by atoms with E-state index in [1.54, 1.807) is 0 Å². The van der Waals surface area contributed by atoms with Crippen molar-refractivity contribution in [1.82, 2.24) is 10.3 Å². The second kappa shape index (κ2) is 6.63. The molecule has 1 N–H and O–H groups in total. The molecule has 1 heterocycles. The highest BCUT2D eigenvalue weighted by molar-refractivity contribution is 5.95. The largest absolute Gasteiger partial charge is 0.418 e. The number of fused-ring (bicyclic) bond motifs is 1. The first-order chi connectivity index (χ1) is 11.4. The molecule has 3 rings (SSSR count). The van der Waals surface area contributed by atoms with Crippen LogP contribution in [0.5, 0.6) is 0 Å². The maximum Gasteiger partial charge on any atom is 0.418 e. The Morgan fingerprint density at radius 3 is 2.71 bits per heavy atom. The molecule has 3 nitrogen and oxygen atoms in total. The van der Waals surface area contributed by atoms with Crippen LogP contribution < -0.4 is 5.32 Å². The smallest absolute Gasteiger partial charge is 0.352 e. The van der Waals surface area contributed by atoms with Crippen LogP contribution in [0.2, 0.25) is 0 Å². The normalized spacial score (nSPS) is 17.2. The molecule has 0 aliphatic heterocycles. The van der Waals surface area contributed by atoms with Gasteiger partial charge in [0.05, 0.1) is 11.1 Å². The van der Waals surface area contributed by atoms with E-state index in [2.05, 4.69) is 22.4 Å². The predicted molar refractivity (Wildman–Crippen MR) is 83.5 cm³/mol. The zero-order valence-electron chi connectivity index (χ0n) is 12.9. The second-order valence-corrected chi connectivity index (χ2v) is 6.01. The molecule has 0 saturated heterocycles. The third-order valence-electron chi connectivity index (χ3n) is 4.37. The first kappa shape index (κ1) is 16.5. The van der Waals surface area contributed by atoms with Gasteiger partial charge in [-0.25, -0.2) is 0 Å². The van der Waals surface area contributed by atoms with Crippen molar-refractivity contribution in [2.24, 2.45) is 5.92 Å². The topological polar surface area (TPSA) is 42.0 Å². The summed E-state index contributed by atoms with van der Waals surface area (Å²) in [5.74, 6) is -0.469. The van der Waals surface area contributed by atoms with Crippen LogP contribution in [0, 0.1) is 5.92 Å². The summed E-state index contributed by atoms with van der Waals surface area (Å²) in [6, 6.07) is 9.24. The van der Waals surface area contributed by atoms with Crippen molar-refractivity contribution < 1.29 is 18.0 Å². The number of halogens is 3. The average molecular weight is 334 g/mol. The zero-order valence-corrected chi connectivity index (χ0v) is 12.9. The molecular weight excluding hydrogens is 317 g/mol. The van der Waals surface area contributed by atoms with E-state index in [1.165, 1.54) is 17.3 Å². The fourth-order valence-corrected chi connectivity index (χ4v) is 3.10. The Morgan fingerprint density at radius 2 is 1.96 bits per heavy atom. The van der Waals surface area contributed by atoms with Crippen LogP contribution in [0.25, 0.3) is 0 Å². The van der Waals surface area contributed by atoms with Gasteiger partial charge in [-0.05, 0) is 42.4 Å². The van der Waals surface area contributed by atoms with Gasteiger partial charge in [-0.1, -0.05) is 24.3 Å². The third kappa shape index (κ3) is 3.58. The molecule has 0 saturated carbocycles. The van der Waals surface area contributed by atoms with Gasteiger partial charge in [-0.3, -0.25) is 9.78 Å². The van der Waals surface area contributed by atoms with Gasteiger partial charge in [-0.15, -0.1) is 0 Å². The third-order valence-corrected chi connectivity index (χ3v) is 4.37. The second-order valence-electron chi connectivity index (χ2n) is 6.01. The van der Waals surface area contributed by atoms with Crippen LogP contribution in [0.3, 0.4) is 0 Å². The van der Waals surface area contributed by atoms with Crippen LogP contribution in [-0.2, 0) is 19.0 Å². The van der Waals surface area contributed by atoms with Gasteiger partial charge in [0, 0.05) is 18.9 Å². The van der Waals surface area contributed by atoms with E-state index >= 15 is 0 Å². The molecule has 0 unspecified atom stereocenters. The Morgan fingerprint density at radius 1 is 1.21 bits per heavy atom. The Bertz CT molecular complexity index is 743. The number of amides is 1. The number of benzene rings is 1. The first-order valence-corrected chi connectivity index (χ1v) is 7.81. The van der Waals surface area contributed by atoms with Crippen LogP contribution in [-0.4, -0.2) is 17.4 Å². The minimum Gasteiger partial charge on any atom is -0.352 e. The van der Waals surface area contributed by atoms with E-state index in [1.807, 2.05) is 12.1 Å². The summed E-state index contributed by atoms with van der Waals surface area (Å²) < 4.78 is 38.8. The highest BCUT2D eigenvalue weighted by Gasteiger charge is 2.35. The van der Waals surface area contributed by atoms with Crippen LogP contribution in [0.15, 0.2) is 42.7 Å². The molecule has 0 radical (unpaired) electrons. The molecule has 0 spiro atoms. The Balaban J connectivity index is 1.65. The summed E-state index contributed by atoms with van der Waals surface area (Å²) in [6.07, 6.45) is -0.0318. The molecule has 1 aliphatic carbocycles. The number of hydrogen-bond acceptors (Lipinski definition) is 2. The number of aromatic nitrogens is 1. The van der Waals surface area contributed by atoms with Crippen molar-refractivity contribution >= 4 is 5.91 Å². The van der Waals surface area contributed by atoms with Crippen LogP contribution >= 0.6 is 0 Å². The van der Waals surface area contributed by atoms with E-state index in [0.717, 1.165) is 25.3 Å². The van der Waals surface area contributed by atoms with Gasteiger partial charge >= 0.3 is 6.18 Å². The van der Waals surface area contributed by atoms with Crippen LogP contribution in [0.4, 0.5) is 13.2 Å². The summed E-state index contributed by atoms with van der Waals surface area (Å²) >= 11 is 0. The number of rotatable bonds is 3. The molecule has 24 heavy (non-hydrogen) atoms. The fourth-order valence-electron chi connectivity index (χ4n) is 3.10. The van der Waals surface area contributed by atoms with Gasteiger partial charge in [-0.2, -0.15) is 13.2 Å². The van der Waals surface area contributed by atoms with Crippen molar-refractivity contribution in [3.05, 3.63) is 65.0 Å². The lowest BCUT2D eigenvalue weighted by atomic mass is 9.84. The maximum absolute atomic E-state index is 12.9. The van der Waals surface area contributed by atoms with Gasteiger partial charge in [0.2, 0.25) is 0 Å². The molecule has 0 bridgehead atoms. The van der Waals surface area contributed by atoms with Crippen molar-refractivity contribution in [1.29, 1.82) is 0 Å². The highest BCUT2D eigenvalue weighted by Crippen LogP contribution is 2.31. The van der Waals surface area contributed by atoms with Gasteiger partial charge in [0.1, 0.15) is 0 Å². The number of pyridine rings is 1. The Kier molecular flexibility index (Phi) is 4.55. The Labute approximate surface area is 137 Å². The first-order valence-electron chi connectivity index (χ1n) is 7.81. The standard InChI is InChI=1S/C18H17F3N2O/c19-18(20,21)16-11-22-8-7-15(16)17(24)23-10-12-5-6-13-3-1-2-4-14(13)9-12/h1-4,7-8,11-12H,5-6,9-10H2,(H,23,24)/t12-/m0/s1. The molecule has 1 atom stereocenters. The van der Waals surface area contributed by atoms with Crippen molar-refractivity contribution in [2.75, 3.05) is 6.54 Å². The summed E-state index contributed by atoms with van der Waals surface area (Å²) in [5.41, 5.74) is 1.18. The zero-order chi connectivity index (χ0) is 17.2.